The minimum atomic E-state index is 0.0816. The van der Waals surface area contributed by atoms with Gasteiger partial charge >= 0.3 is 0 Å². The second-order valence-electron chi connectivity index (χ2n) is 5.10. The molecule has 0 radical (unpaired) electrons. The first-order valence-corrected chi connectivity index (χ1v) is 6.56. The van der Waals surface area contributed by atoms with Crippen molar-refractivity contribution in [1.29, 1.82) is 0 Å². The van der Waals surface area contributed by atoms with Crippen LogP contribution >= 0.6 is 0 Å². The molecule has 0 amide bonds. The molecule has 1 aromatic carbocycles. The van der Waals surface area contributed by atoms with E-state index in [1.807, 2.05) is 6.07 Å². The molecule has 0 aliphatic rings. The number of hydrogen-bond acceptors (Lipinski definition) is 3. The van der Waals surface area contributed by atoms with E-state index >= 15 is 0 Å². The molecule has 0 saturated heterocycles. The summed E-state index contributed by atoms with van der Waals surface area (Å²) in [5, 5.41) is 12.1. The third-order valence-electron chi connectivity index (χ3n) is 3.53. The van der Waals surface area contributed by atoms with Gasteiger partial charge in [-0.05, 0) is 12.5 Å². The summed E-state index contributed by atoms with van der Waals surface area (Å²) in [6, 6.07) is 10.9. The second kappa shape index (κ2) is 7.52. The smallest absolute Gasteiger partial charge is 0.0698 e. The fraction of sp³-hybridized carbons (Fsp3) is 0.600. The zero-order chi connectivity index (χ0) is 13.4. The molecule has 3 nitrogen and oxygen atoms in total. The van der Waals surface area contributed by atoms with Crippen molar-refractivity contribution >= 4 is 0 Å². The Bertz CT molecular complexity index is 325. The van der Waals surface area contributed by atoms with E-state index in [-0.39, 0.29) is 12.0 Å². The molecular weight excluding hydrogens is 226 g/mol. The predicted octanol–water partition coefficient (Wildman–Crippen LogP) is 1.95. The van der Waals surface area contributed by atoms with Gasteiger partial charge in [0.15, 0.2) is 0 Å². The first kappa shape index (κ1) is 15.2. The first-order valence-electron chi connectivity index (χ1n) is 6.56. The third-order valence-corrected chi connectivity index (χ3v) is 3.53. The fourth-order valence-corrected chi connectivity index (χ4v) is 1.89. The van der Waals surface area contributed by atoms with E-state index in [1.54, 1.807) is 0 Å². The molecule has 1 aromatic rings. The normalized spacial score (nSPS) is 13.6. The van der Waals surface area contributed by atoms with Crippen LogP contribution < -0.4 is 5.32 Å². The minimum absolute atomic E-state index is 0.0816. The van der Waals surface area contributed by atoms with E-state index in [0.29, 0.717) is 19.3 Å². The Morgan fingerprint density at radius 3 is 2.50 bits per heavy atom. The van der Waals surface area contributed by atoms with Crippen molar-refractivity contribution in [3.8, 4) is 0 Å². The van der Waals surface area contributed by atoms with Crippen LogP contribution in [0.25, 0.3) is 0 Å². The monoisotopic (exact) mass is 251 g/mol. The quantitative estimate of drug-likeness (QED) is 0.694. The molecular formula is C15H25NO2. The van der Waals surface area contributed by atoms with Crippen LogP contribution in [0.3, 0.4) is 0 Å². The molecule has 0 aliphatic carbocycles. The summed E-state index contributed by atoms with van der Waals surface area (Å²) in [5.41, 5.74) is 1.42. The lowest BCUT2D eigenvalue weighted by atomic mass is 9.78. The highest BCUT2D eigenvalue weighted by molar-refractivity contribution is 5.25. The number of rotatable bonds is 8. The van der Waals surface area contributed by atoms with E-state index in [9.17, 15) is 0 Å². The van der Waals surface area contributed by atoms with Crippen molar-refractivity contribution in [2.24, 2.45) is 0 Å². The second-order valence-corrected chi connectivity index (χ2v) is 5.10. The Labute approximate surface area is 110 Å². The van der Waals surface area contributed by atoms with Gasteiger partial charge in [-0.3, -0.25) is 0 Å². The number of ether oxygens (including phenoxy) is 1. The van der Waals surface area contributed by atoms with Gasteiger partial charge in [-0.1, -0.05) is 44.2 Å². The Hall–Kier alpha value is -0.900. The van der Waals surface area contributed by atoms with E-state index < -0.39 is 0 Å². The summed E-state index contributed by atoms with van der Waals surface area (Å²) in [6.07, 6.45) is 0. The lowest BCUT2D eigenvalue weighted by Crippen LogP contribution is -2.43. The van der Waals surface area contributed by atoms with Crippen molar-refractivity contribution < 1.29 is 9.84 Å². The summed E-state index contributed by atoms with van der Waals surface area (Å²) < 4.78 is 5.24. The van der Waals surface area contributed by atoms with Crippen molar-refractivity contribution in [3.63, 3.8) is 0 Å². The van der Waals surface area contributed by atoms with Gasteiger partial charge < -0.3 is 15.2 Å². The number of hydrogen-bond donors (Lipinski definition) is 2. The van der Waals surface area contributed by atoms with Crippen LogP contribution in [0, 0.1) is 0 Å². The Morgan fingerprint density at radius 2 is 1.89 bits per heavy atom. The molecule has 0 heterocycles. The highest BCUT2D eigenvalue weighted by Gasteiger charge is 2.27. The molecule has 1 unspecified atom stereocenters. The lowest BCUT2D eigenvalue weighted by Gasteiger charge is -2.33. The molecule has 0 saturated carbocycles. The van der Waals surface area contributed by atoms with Gasteiger partial charge in [-0.25, -0.2) is 0 Å². The van der Waals surface area contributed by atoms with Crippen LogP contribution in [0.5, 0.6) is 0 Å². The molecule has 0 aromatic heterocycles. The van der Waals surface area contributed by atoms with Crippen LogP contribution in [0.2, 0.25) is 0 Å². The van der Waals surface area contributed by atoms with Gasteiger partial charge in [-0.2, -0.15) is 0 Å². The van der Waals surface area contributed by atoms with Crippen LogP contribution in [0.1, 0.15) is 26.3 Å². The number of benzene rings is 1. The maximum Gasteiger partial charge on any atom is 0.0698 e. The zero-order valence-corrected chi connectivity index (χ0v) is 11.6. The van der Waals surface area contributed by atoms with Gasteiger partial charge in [0, 0.05) is 18.0 Å². The van der Waals surface area contributed by atoms with Crippen LogP contribution in [0.15, 0.2) is 30.3 Å². The van der Waals surface area contributed by atoms with E-state index in [2.05, 4.69) is 50.4 Å². The van der Waals surface area contributed by atoms with E-state index in [1.165, 1.54) is 5.56 Å². The zero-order valence-electron chi connectivity index (χ0n) is 11.6. The Morgan fingerprint density at radius 1 is 1.22 bits per heavy atom. The number of aliphatic hydroxyl groups excluding tert-OH is 1. The van der Waals surface area contributed by atoms with Crippen molar-refractivity contribution in [3.05, 3.63) is 35.9 Å². The molecule has 0 bridgehead atoms. The fourth-order valence-electron chi connectivity index (χ4n) is 1.89. The SMILES string of the molecule is CC(NCCOCCO)C(C)(C)c1ccccc1. The van der Waals surface area contributed by atoms with Crippen molar-refractivity contribution in [2.75, 3.05) is 26.4 Å². The highest BCUT2D eigenvalue weighted by atomic mass is 16.5. The van der Waals surface area contributed by atoms with Gasteiger partial charge in [0.05, 0.1) is 19.8 Å². The maximum absolute atomic E-state index is 8.61. The maximum atomic E-state index is 8.61. The van der Waals surface area contributed by atoms with Gasteiger partial charge in [-0.15, -0.1) is 0 Å². The molecule has 1 rings (SSSR count). The molecule has 3 heteroatoms. The highest BCUT2D eigenvalue weighted by Crippen LogP contribution is 2.26. The van der Waals surface area contributed by atoms with Crippen molar-refractivity contribution in [1.82, 2.24) is 5.32 Å². The summed E-state index contributed by atoms with van der Waals surface area (Å²) in [4.78, 5) is 0. The van der Waals surface area contributed by atoms with Gasteiger partial charge in [0.2, 0.25) is 0 Å². The van der Waals surface area contributed by atoms with Crippen molar-refractivity contribution in [2.45, 2.75) is 32.2 Å². The standard InChI is InChI=1S/C15H25NO2/c1-13(16-9-11-18-12-10-17)15(2,3)14-7-5-4-6-8-14/h4-8,13,16-17H,9-12H2,1-3H3. The summed E-state index contributed by atoms with van der Waals surface area (Å²) >= 11 is 0. The predicted molar refractivity (Wildman–Crippen MR) is 74.8 cm³/mol. The van der Waals surface area contributed by atoms with Crippen LogP contribution in [0.4, 0.5) is 0 Å². The van der Waals surface area contributed by atoms with Crippen LogP contribution in [-0.2, 0) is 10.2 Å². The third kappa shape index (κ3) is 4.41. The van der Waals surface area contributed by atoms with Gasteiger partial charge in [0.25, 0.3) is 0 Å². The van der Waals surface area contributed by atoms with Gasteiger partial charge in [0.1, 0.15) is 0 Å². The number of nitrogens with one attached hydrogen (secondary N) is 1. The Balaban J connectivity index is 2.42. The lowest BCUT2D eigenvalue weighted by molar-refractivity contribution is 0.0915. The largest absolute Gasteiger partial charge is 0.394 e. The molecule has 2 N–H and O–H groups in total. The minimum Gasteiger partial charge on any atom is -0.394 e. The molecule has 1 atom stereocenters. The first-order chi connectivity index (χ1) is 8.59. The summed E-state index contributed by atoms with van der Waals surface area (Å²) in [6.45, 7) is 8.62. The molecule has 102 valence electrons. The number of aliphatic hydroxyl groups is 1. The molecule has 18 heavy (non-hydrogen) atoms. The Kier molecular flexibility index (Phi) is 6.33. The average molecular weight is 251 g/mol. The molecule has 0 fully saturated rings. The van der Waals surface area contributed by atoms with E-state index in [0.717, 1.165) is 6.54 Å². The average Bonchev–Trinajstić information content (AvgIpc) is 2.39. The topological polar surface area (TPSA) is 41.5 Å². The summed E-state index contributed by atoms with van der Waals surface area (Å²) in [7, 11) is 0. The molecule has 0 spiro atoms. The van der Waals surface area contributed by atoms with Crippen LogP contribution in [-0.4, -0.2) is 37.5 Å². The van der Waals surface area contributed by atoms with E-state index in [4.69, 9.17) is 9.84 Å². The summed E-state index contributed by atoms with van der Waals surface area (Å²) in [5.74, 6) is 0. The molecule has 0 aliphatic heterocycles.